The molecule has 96 valence electrons. The van der Waals surface area contributed by atoms with Crippen LogP contribution in [0.1, 0.15) is 19.4 Å². The van der Waals surface area contributed by atoms with Gasteiger partial charge in [-0.1, -0.05) is 37.0 Å². The van der Waals surface area contributed by atoms with E-state index in [0.717, 1.165) is 23.4 Å². The van der Waals surface area contributed by atoms with Crippen molar-refractivity contribution >= 4 is 23.2 Å². The summed E-state index contributed by atoms with van der Waals surface area (Å²) in [4.78, 5) is 0. The van der Waals surface area contributed by atoms with Crippen molar-refractivity contribution in [2.75, 3.05) is 0 Å². The Bertz CT molecular complexity index is 535. The highest BCUT2D eigenvalue weighted by Gasteiger charge is 2.11. The van der Waals surface area contributed by atoms with Crippen LogP contribution >= 0.6 is 23.2 Å². The van der Waals surface area contributed by atoms with Gasteiger partial charge in [0, 0.05) is 28.7 Å². The molecule has 0 radical (unpaired) electrons. The molecule has 0 atom stereocenters. The SMILES string of the molecule is CC(C)NCc1cn[nH]c1-c1cc(Cl)ccc1Cl. The molecule has 2 N–H and O–H groups in total. The lowest BCUT2D eigenvalue weighted by atomic mass is 10.1. The van der Waals surface area contributed by atoms with Crippen molar-refractivity contribution in [1.29, 1.82) is 0 Å². The number of nitrogens with zero attached hydrogens (tertiary/aromatic N) is 1. The third-order valence-corrected chi connectivity index (χ3v) is 3.18. The molecule has 2 rings (SSSR count). The number of benzene rings is 1. The summed E-state index contributed by atoms with van der Waals surface area (Å²) >= 11 is 12.2. The van der Waals surface area contributed by atoms with Crippen LogP contribution in [-0.2, 0) is 6.54 Å². The van der Waals surface area contributed by atoms with Crippen LogP contribution in [0.3, 0.4) is 0 Å². The van der Waals surface area contributed by atoms with Crippen molar-refractivity contribution in [2.45, 2.75) is 26.4 Å². The van der Waals surface area contributed by atoms with E-state index in [1.54, 1.807) is 12.1 Å². The fraction of sp³-hybridized carbons (Fsp3) is 0.308. The van der Waals surface area contributed by atoms with Crippen LogP contribution in [0.2, 0.25) is 10.0 Å². The van der Waals surface area contributed by atoms with E-state index < -0.39 is 0 Å². The zero-order chi connectivity index (χ0) is 13.1. The standard InChI is InChI=1S/C13H15Cl2N3/c1-8(2)16-6-9-7-17-18-13(9)11-5-10(14)3-4-12(11)15/h3-5,7-8,16H,6H2,1-2H3,(H,17,18). The number of hydrogen-bond acceptors (Lipinski definition) is 2. The Balaban J connectivity index is 2.33. The average molecular weight is 284 g/mol. The molecule has 0 aliphatic heterocycles. The lowest BCUT2D eigenvalue weighted by Crippen LogP contribution is -2.21. The summed E-state index contributed by atoms with van der Waals surface area (Å²) in [6, 6.07) is 5.83. The molecular formula is C13H15Cl2N3. The van der Waals surface area contributed by atoms with E-state index >= 15 is 0 Å². The van der Waals surface area contributed by atoms with Crippen molar-refractivity contribution in [3.63, 3.8) is 0 Å². The second-order valence-corrected chi connectivity index (χ2v) is 5.27. The van der Waals surface area contributed by atoms with Gasteiger partial charge in [0.1, 0.15) is 0 Å². The van der Waals surface area contributed by atoms with Gasteiger partial charge in [-0.15, -0.1) is 0 Å². The monoisotopic (exact) mass is 283 g/mol. The van der Waals surface area contributed by atoms with Gasteiger partial charge in [-0.05, 0) is 18.2 Å². The van der Waals surface area contributed by atoms with Gasteiger partial charge in [0.2, 0.25) is 0 Å². The summed E-state index contributed by atoms with van der Waals surface area (Å²) in [7, 11) is 0. The summed E-state index contributed by atoms with van der Waals surface area (Å²) in [6.07, 6.45) is 1.81. The van der Waals surface area contributed by atoms with E-state index in [4.69, 9.17) is 23.2 Å². The Hall–Kier alpha value is -1.03. The number of H-pyrrole nitrogens is 1. The lowest BCUT2D eigenvalue weighted by molar-refractivity contribution is 0.589. The summed E-state index contributed by atoms with van der Waals surface area (Å²) in [5.74, 6) is 0. The molecule has 3 nitrogen and oxygen atoms in total. The van der Waals surface area contributed by atoms with Crippen molar-refractivity contribution in [3.8, 4) is 11.3 Å². The first-order valence-corrected chi connectivity index (χ1v) is 6.54. The van der Waals surface area contributed by atoms with E-state index in [2.05, 4.69) is 29.4 Å². The minimum atomic E-state index is 0.419. The van der Waals surface area contributed by atoms with Crippen LogP contribution in [0, 0.1) is 0 Å². The maximum Gasteiger partial charge on any atom is 0.0710 e. The molecule has 0 aliphatic carbocycles. The largest absolute Gasteiger partial charge is 0.310 e. The molecule has 0 unspecified atom stereocenters. The predicted molar refractivity (Wildman–Crippen MR) is 76.0 cm³/mol. The molecular weight excluding hydrogens is 269 g/mol. The highest BCUT2D eigenvalue weighted by molar-refractivity contribution is 6.35. The van der Waals surface area contributed by atoms with Gasteiger partial charge in [-0.2, -0.15) is 5.10 Å². The Morgan fingerprint density at radius 3 is 2.83 bits per heavy atom. The molecule has 5 heteroatoms. The summed E-state index contributed by atoms with van der Waals surface area (Å²) in [5, 5.41) is 11.7. The molecule has 0 bridgehead atoms. The Kier molecular flexibility index (Phi) is 4.27. The van der Waals surface area contributed by atoms with Crippen LogP contribution in [-0.4, -0.2) is 16.2 Å². The third kappa shape index (κ3) is 3.05. The highest BCUT2D eigenvalue weighted by atomic mass is 35.5. The summed E-state index contributed by atoms with van der Waals surface area (Å²) in [6.45, 7) is 4.95. The number of halogens is 2. The Labute approximate surface area is 117 Å². The van der Waals surface area contributed by atoms with Crippen LogP contribution in [0.15, 0.2) is 24.4 Å². The molecule has 0 aliphatic rings. The Morgan fingerprint density at radius 2 is 2.11 bits per heavy atom. The van der Waals surface area contributed by atoms with E-state index in [1.165, 1.54) is 0 Å². The van der Waals surface area contributed by atoms with Crippen LogP contribution in [0.5, 0.6) is 0 Å². The fourth-order valence-electron chi connectivity index (χ4n) is 1.68. The second kappa shape index (κ2) is 5.74. The molecule has 2 aromatic rings. The van der Waals surface area contributed by atoms with E-state index in [1.807, 2.05) is 12.3 Å². The zero-order valence-corrected chi connectivity index (χ0v) is 11.8. The normalized spacial score (nSPS) is 11.2. The molecule has 0 spiro atoms. The lowest BCUT2D eigenvalue weighted by Gasteiger charge is -2.09. The van der Waals surface area contributed by atoms with Crippen LogP contribution in [0.25, 0.3) is 11.3 Å². The summed E-state index contributed by atoms with van der Waals surface area (Å²) < 4.78 is 0. The van der Waals surface area contributed by atoms with E-state index in [0.29, 0.717) is 16.1 Å². The van der Waals surface area contributed by atoms with Crippen LogP contribution in [0.4, 0.5) is 0 Å². The first-order valence-electron chi connectivity index (χ1n) is 5.79. The van der Waals surface area contributed by atoms with E-state index in [9.17, 15) is 0 Å². The fourth-order valence-corrected chi connectivity index (χ4v) is 2.07. The zero-order valence-electron chi connectivity index (χ0n) is 10.3. The average Bonchev–Trinajstić information content (AvgIpc) is 2.77. The van der Waals surface area contributed by atoms with Gasteiger partial charge in [0.15, 0.2) is 0 Å². The number of nitrogens with one attached hydrogen (secondary N) is 2. The molecule has 0 amide bonds. The van der Waals surface area contributed by atoms with Crippen molar-refractivity contribution in [3.05, 3.63) is 40.0 Å². The van der Waals surface area contributed by atoms with Gasteiger partial charge in [0.25, 0.3) is 0 Å². The smallest absolute Gasteiger partial charge is 0.0710 e. The number of rotatable bonds is 4. The minimum absolute atomic E-state index is 0.419. The van der Waals surface area contributed by atoms with Gasteiger partial charge in [-0.25, -0.2) is 0 Å². The minimum Gasteiger partial charge on any atom is -0.310 e. The predicted octanol–water partition coefficient (Wildman–Crippen LogP) is 3.88. The van der Waals surface area contributed by atoms with Gasteiger partial charge in [-0.3, -0.25) is 5.10 Å². The number of aromatic nitrogens is 2. The van der Waals surface area contributed by atoms with Gasteiger partial charge < -0.3 is 5.32 Å². The molecule has 0 saturated heterocycles. The number of aromatic amines is 1. The molecule has 1 aromatic heterocycles. The second-order valence-electron chi connectivity index (χ2n) is 4.43. The third-order valence-electron chi connectivity index (χ3n) is 2.62. The quantitative estimate of drug-likeness (QED) is 0.894. The summed E-state index contributed by atoms with van der Waals surface area (Å²) in [5.41, 5.74) is 2.87. The van der Waals surface area contributed by atoms with Gasteiger partial charge in [0.05, 0.1) is 16.9 Å². The molecule has 1 aromatic carbocycles. The highest BCUT2D eigenvalue weighted by Crippen LogP contribution is 2.31. The Morgan fingerprint density at radius 1 is 1.33 bits per heavy atom. The maximum atomic E-state index is 6.20. The van der Waals surface area contributed by atoms with Crippen LogP contribution < -0.4 is 5.32 Å². The first-order chi connectivity index (χ1) is 8.58. The first kappa shape index (κ1) is 13.4. The molecule has 0 fully saturated rings. The van der Waals surface area contributed by atoms with E-state index in [-0.39, 0.29) is 0 Å². The topological polar surface area (TPSA) is 40.7 Å². The molecule has 0 saturated carbocycles. The van der Waals surface area contributed by atoms with Crippen molar-refractivity contribution < 1.29 is 0 Å². The molecule has 1 heterocycles. The number of hydrogen-bond donors (Lipinski definition) is 2. The van der Waals surface area contributed by atoms with Crippen molar-refractivity contribution in [1.82, 2.24) is 15.5 Å². The maximum absolute atomic E-state index is 6.20. The van der Waals surface area contributed by atoms with Crippen molar-refractivity contribution in [2.24, 2.45) is 0 Å². The van der Waals surface area contributed by atoms with Gasteiger partial charge >= 0.3 is 0 Å². The molecule has 18 heavy (non-hydrogen) atoms.